The molecule has 1 aliphatic heterocycles. The van der Waals surface area contributed by atoms with Crippen LogP contribution in [0.1, 0.15) is 29.6 Å². The SMILES string of the molecule is O=C(c1cc(Cl)sc1Cl)C1CCCCO1. The molecule has 1 atom stereocenters. The molecule has 0 aliphatic carbocycles. The Morgan fingerprint density at radius 1 is 1.47 bits per heavy atom. The first kappa shape index (κ1) is 11.4. The van der Waals surface area contributed by atoms with Gasteiger partial charge in [0.1, 0.15) is 10.4 Å². The van der Waals surface area contributed by atoms with Crippen molar-refractivity contribution in [2.75, 3.05) is 6.61 Å². The van der Waals surface area contributed by atoms with Gasteiger partial charge in [-0.3, -0.25) is 4.79 Å². The molecule has 5 heteroatoms. The molecule has 1 aromatic heterocycles. The molecule has 1 fully saturated rings. The summed E-state index contributed by atoms with van der Waals surface area (Å²) in [4.78, 5) is 12.0. The van der Waals surface area contributed by atoms with Gasteiger partial charge in [-0.1, -0.05) is 23.2 Å². The Hall–Kier alpha value is -0.0900. The van der Waals surface area contributed by atoms with Crippen molar-refractivity contribution in [3.05, 3.63) is 20.3 Å². The van der Waals surface area contributed by atoms with Gasteiger partial charge in [0.2, 0.25) is 0 Å². The van der Waals surface area contributed by atoms with E-state index in [1.165, 1.54) is 11.3 Å². The Balaban J connectivity index is 2.16. The lowest BCUT2D eigenvalue weighted by atomic mass is 10.0. The predicted octanol–water partition coefficient (Wildman–Crippen LogP) is 3.81. The number of thiophene rings is 1. The van der Waals surface area contributed by atoms with Gasteiger partial charge in [0.05, 0.1) is 9.90 Å². The van der Waals surface area contributed by atoms with Gasteiger partial charge in [-0.25, -0.2) is 0 Å². The topological polar surface area (TPSA) is 26.3 Å². The van der Waals surface area contributed by atoms with Crippen molar-refractivity contribution in [3.8, 4) is 0 Å². The van der Waals surface area contributed by atoms with E-state index in [0.29, 0.717) is 20.8 Å². The molecular formula is C10H10Cl2O2S. The number of carbonyl (C=O) groups excluding carboxylic acids is 1. The second kappa shape index (κ2) is 4.83. The Kier molecular flexibility index (Phi) is 3.67. The van der Waals surface area contributed by atoms with Crippen LogP contribution in [0.25, 0.3) is 0 Å². The van der Waals surface area contributed by atoms with Gasteiger partial charge in [-0.05, 0) is 25.3 Å². The summed E-state index contributed by atoms with van der Waals surface area (Å²) >= 11 is 12.9. The Bertz CT molecular complexity index is 369. The van der Waals surface area contributed by atoms with Crippen molar-refractivity contribution in [3.63, 3.8) is 0 Å². The van der Waals surface area contributed by atoms with Crippen molar-refractivity contribution < 1.29 is 9.53 Å². The molecule has 0 N–H and O–H groups in total. The molecule has 0 spiro atoms. The second-order valence-electron chi connectivity index (χ2n) is 3.46. The molecule has 2 heterocycles. The van der Waals surface area contributed by atoms with Crippen LogP contribution in [0.4, 0.5) is 0 Å². The lowest BCUT2D eigenvalue weighted by Gasteiger charge is -2.20. The van der Waals surface area contributed by atoms with Crippen molar-refractivity contribution in [1.82, 2.24) is 0 Å². The number of hydrogen-bond acceptors (Lipinski definition) is 3. The fraction of sp³-hybridized carbons (Fsp3) is 0.500. The van der Waals surface area contributed by atoms with Gasteiger partial charge in [0.25, 0.3) is 0 Å². The van der Waals surface area contributed by atoms with Crippen molar-refractivity contribution in [2.24, 2.45) is 0 Å². The quantitative estimate of drug-likeness (QED) is 0.760. The molecule has 82 valence electrons. The molecule has 0 radical (unpaired) electrons. The average Bonchev–Trinajstić information content (AvgIpc) is 2.58. The van der Waals surface area contributed by atoms with Crippen LogP contribution in [0.3, 0.4) is 0 Å². The van der Waals surface area contributed by atoms with Crippen LogP contribution < -0.4 is 0 Å². The summed E-state index contributed by atoms with van der Waals surface area (Å²) in [6.07, 6.45) is 2.51. The molecule has 2 nitrogen and oxygen atoms in total. The molecule has 1 aromatic rings. The first-order valence-electron chi connectivity index (χ1n) is 4.79. The average molecular weight is 265 g/mol. The lowest BCUT2D eigenvalue weighted by molar-refractivity contribution is 0.0187. The minimum absolute atomic E-state index is 0.0390. The lowest BCUT2D eigenvalue weighted by Crippen LogP contribution is -2.28. The normalized spacial score (nSPS) is 21.6. The molecule has 1 unspecified atom stereocenters. The van der Waals surface area contributed by atoms with E-state index in [0.717, 1.165) is 19.3 Å². The fourth-order valence-corrected chi connectivity index (χ4v) is 3.10. The number of rotatable bonds is 2. The van der Waals surface area contributed by atoms with E-state index in [-0.39, 0.29) is 11.9 Å². The number of Topliss-reactive ketones (excluding diaryl/α,β-unsaturated/α-hetero) is 1. The Morgan fingerprint density at radius 3 is 2.80 bits per heavy atom. The molecule has 1 saturated heterocycles. The highest BCUT2D eigenvalue weighted by Crippen LogP contribution is 2.33. The standard InChI is InChI=1S/C10H10Cl2O2S/c11-8-5-6(10(12)15-8)9(13)7-3-1-2-4-14-7/h5,7H,1-4H2. The smallest absolute Gasteiger partial charge is 0.193 e. The maximum absolute atomic E-state index is 12.0. The highest BCUT2D eigenvalue weighted by atomic mass is 35.5. The second-order valence-corrected chi connectivity index (χ2v) is 5.74. The molecule has 0 bridgehead atoms. The van der Waals surface area contributed by atoms with E-state index in [9.17, 15) is 4.79 Å². The summed E-state index contributed by atoms with van der Waals surface area (Å²) in [5.74, 6) is -0.0390. The highest BCUT2D eigenvalue weighted by Gasteiger charge is 2.26. The van der Waals surface area contributed by atoms with Crippen LogP contribution in [-0.2, 0) is 4.74 Å². The third kappa shape index (κ3) is 2.53. The van der Waals surface area contributed by atoms with E-state index >= 15 is 0 Å². The summed E-state index contributed by atoms with van der Waals surface area (Å²) in [5.41, 5.74) is 0.499. The van der Waals surface area contributed by atoms with Gasteiger partial charge in [0.15, 0.2) is 5.78 Å². The molecule has 0 saturated carbocycles. The van der Waals surface area contributed by atoms with E-state index in [2.05, 4.69) is 0 Å². The number of ketones is 1. The van der Waals surface area contributed by atoms with E-state index in [1.54, 1.807) is 6.07 Å². The van der Waals surface area contributed by atoms with Crippen molar-refractivity contribution in [1.29, 1.82) is 0 Å². The molecule has 0 amide bonds. The molecule has 2 rings (SSSR count). The molecule has 0 aromatic carbocycles. The summed E-state index contributed by atoms with van der Waals surface area (Å²) in [6, 6.07) is 1.62. The zero-order valence-corrected chi connectivity index (χ0v) is 10.3. The van der Waals surface area contributed by atoms with Gasteiger partial charge in [-0.2, -0.15) is 0 Å². The number of halogens is 2. The van der Waals surface area contributed by atoms with Crippen molar-refractivity contribution >= 4 is 40.3 Å². The van der Waals surface area contributed by atoms with Crippen LogP contribution in [0.15, 0.2) is 6.07 Å². The van der Waals surface area contributed by atoms with Crippen LogP contribution in [-0.4, -0.2) is 18.5 Å². The van der Waals surface area contributed by atoms with Gasteiger partial charge < -0.3 is 4.74 Å². The van der Waals surface area contributed by atoms with Crippen LogP contribution in [0, 0.1) is 0 Å². The fourth-order valence-electron chi connectivity index (χ4n) is 1.63. The summed E-state index contributed by atoms with van der Waals surface area (Å²) < 4.78 is 6.41. The third-order valence-electron chi connectivity index (χ3n) is 2.39. The van der Waals surface area contributed by atoms with Gasteiger partial charge >= 0.3 is 0 Å². The molecular weight excluding hydrogens is 255 g/mol. The predicted molar refractivity (Wildman–Crippen MR) is 62.3 cm³/mol. The van der Waals surface area contributed by atoms with Crippen LogP contribution >= 0.6 is 34.5 Å². The number of carbonyl (C=O) groups is 1. The maximum atomic E-state index is 12.0. The number of hydrogen-bond donors (Lipinski definition) is 0. The minimum Gasteiger partial charge on any atom is -0.370 e. The summed E-state index contributed by atoms with van der Waals surface area (Å²) in [6.45, 7) is 0.659. The molecule has 15 heavy (non-hydrogen) atoms. The third-order valence-corrected chi connectivity index (χ3v) is 3.88. The zero-order chi connectivity index (χ0) is 10.8. The Labute approximate surface area is 102 Å². The highest BCUT2D eigenvalue weighted by molar-refractivity contribution is 7.20. The molecule has 1 aliphatic rings. The van der Waals surface area contributed by atoms with Gasteiger partial charge in [-0.15, -0.1) is 11.3 Å². The van der Waals surface area contributed by atoms with Gasteiger partial charge in [0, 0.05) is 6.61 Å². The number of ether oxygens (including phenoxy) is 1. The zero-order valence-electron chi connectivity index (χ0n) is 7.96. The van der Waals surface area contributed by atoms with E-state index < -0.39 is 0 Å². The largest absolute Gasteiger partial charge is 0.370 e. The van der Waals surface area contributed by atoms with Crippen LogP contribution in [0.2, 0.25) is 8.67 Å². The van der Waals surface area contributed by atoms with Crippen molar-refractivity contribution in [2.45, 2.75) is 25.4 Å². The summed E-state index contributed by atoms with van der Waals surface area (Å²) in [7, 11) is 0. The first-order valence-corrected chi connectivity index (χ1v) is 6.36. The van der Waals surface area contributed by atoms with E-state index in [4.69, 9.17) is 27.9 Å². The van der Waals surface area contributed by atoms with Crippen LogP contribution in [0.5, 0.6) is 0 Å². The first-order chi connectivity index (χ1) is 7.18. The van der Waals surface area contributed by atoms with E-state index in [1.807, 2.05) is 0 Å². The monoisotopic (exact) mass is 264 g/mol. The Morgan fingerprint density at radius 2 is 2.27 bits per heavy atom. The minimum atomic E-state index is -0.332. The maximum Gasteiger partial charge on any atom is 0.193 e. The summed E-state index contributed by atoms with van der Waals surface area (Å²) in [5, 5.41) is 0.